The molecule has 0 saturated heterocycles. The summed E-state index contributed by atoms with van der Waals surface area (Å²) < 4.78 is 25.4. The predicted octanol–water partition coefficient (Wildman–Crippen LogP) is 2.62. The van der Waals surface area contributed by atoms with Gasteiger partial charge in [0.25, 0.3) is 0 Å². The van der Waals surface area contributed by atoms with Gasteiger partial charge in [0.15, 0.2) is 0 Å². The Morgan fingerprint density at radius 1 is 1.27 bits per heavy atom. The lowest BCUT2D eigenvalue weighted by molar-refractivity contribution is 0.144. The first-order chi connectivity index (χ1) is 14.7. The third kappa shape index (κ3) is 5.09. The third-order valence-electron chi connectivity index (χ3n) is 4.24. The SMILES string of the molecule is CCN/C=C(\C=N)Nc1ccc(Cc2c[nH]c3ncnc(OCCOC)c23)c(F)n1. The van der Waals surface area contributed by atoms with Crippen molar-refractivity contribution in [2.75, 3.05) is 32.2 Å². The molecule has 3 aromatic heterocycles. The van der Waals surface area contributed by atoms with Crippen LogP contribution in [0.3, 0.4) is 0 Å². The van der Waals surface area contributed by atoms with E-state index in [2.05, 4.69) is 30.6 Å². The van der Waals surface area contributed by atoms with Gasteiger partial charge in [-0.15, -0.1) is 0 Å². The van der Waals surface area contributed by atoms with Crippen LogP contribution in [0.2, 0.25) is 0 Å². The molecule has 0 fully saturated rings. The molecule has 10 heteroatoms. The number of H-pyrrole nitrogens is 1. The first kappa shape index (κ1) is 21.2. The second kappa shape index (κ2) is 10.3. The molecule has 0 aliphatic heterocycles. The van der Waals surface area contributed by atoms with Gasteiger partial charge >= 0.3 is 0 Å². The van der Waals surface area contributed by atoms with Crippen LogP contribution in [0.15, 0.2) is 36.6 Å². The van der Waals surface area contributed by atoms with E-state index in [-0.39, 0.29) is 6.42 Å². The number of hydrogen-bond donors (Lipinski definition) is 4. The van der Waals surface area contributed by atoms with E-state index in [1.807, 2.05) is 6.92 Å². The average Bonchev–Trinajstić information content (AvgIpc) is 3.17. The summed E-state index contributed by atoms with van der Waals surface area (Å²) in [5.74, 6) is 0.139. The molecule has 0 saturated carbocycles. The van der Waals surface area contributed by atoms with Crippen molar-refractivity contribution in [3.63, 3.8) is 0 Å². The molecule has 30 heavy (non-hydrogen) atoms. The maximum Gasteiger partial charge on any atom is 0.226 e. The van der Waals surface area contributed by atoms with Crippen molar-refractivity contribution in [3.8, 4) is 5.88 Å². The van der Waals surface area contributed by atoms with Crippen LogP contribution < -0.4 is 15.4 Å². The summed E-state index contributed by atoms with van der Waals surface area (Å²) in [5, 5.41) is 14.0. The number of ether oxygens (including phenoxy) is 2. The van der Waals surface area contributed by atoms with Crippen molar-refractivity contribution in [2.24, 2.45) is 0 Å². The Bertz CT molecular complexity index is 1040. The minimum atomic E-state index is -0.596. The van der Waals surface area contributed by atoms with Crippen molar-refractivity contribution in [3.05, 3.63) is 53.6 Å². The average molecular weight is 413 g/mol. The second-order valence-corrected chi connectivity index (χ2v) is 6.31. The molecule has 3 aromatic rings. The van der Waals surface area contributed by atoms with Crippen LogP contribution in [-0.2, 0) is 11.2 Å². The Morgan fingerprint density at radius 3 is 2.87 bits per heavy atom. The largest absolute Gasteiger partial charge is 0.475 e. The number of hydrogen-bond acceptors (Lipinski definition) is 8. The topological polar surface area (TPSA) is 121 Å². The number of nitrogens with zero attached hydrogens (tertiary/aromatic N) is 3. The van der Waals surface area contributed by atoms with Crippen molar-refractivity contribution < 1.29 is 13.9 Å². The molecule has 0 unspecified atom stereocenters. The molecule has 0 aromatic carbocycles. The highest BCUT2D eigenvalue weighted by Gasteiger charge is 2.15. The smallest absolute Gasteiger partial charge is 0.226 e. The quantitative estimate of drug-likeness (QED) is 0.217. The van der Waals surface area contributed by atoms with E-state index in [1.54, 1.807) is 31.6 Å². The van der Waals surface area contributed by atoms with Crippen LogP contribution in [0.4, 0.5) is 10.2 Å². The van der Waals surface area contributed by atoms with Crippen LogP contribution in [0.25, 0.3) is 11.0 Å². The van der Waals surface area contributed by atoms with E-state index >= 15 is 0 Å². The number of nitrogens with one attached hydrogen (secondary N) is 4. The molecule has 0 radical (unpaired) electrons. The van der Waals surface area contributed by atoms with Crippen LogP contribution in [0.5, 0.6) is 5.88 Å². The zero-order valence-corrected chi connectivity index (χ0v) is 16.8. The normalized spacial score (nSPS) is 11.5. The number of anilines is 1. The zero-order chi connectivity index (χ0) is 21.3. The summed E-state index contributed by atoms with van der Waals surface area (Å²) in [5.41, 5.74) is 2.30. The van der Waals surface area contributed by atoms with Gasteiger partial charge in [-0.25, -0.2) is 15.0 Å². The fourth-order valence-corrected chi connectivity index (χ4v) is 2.81. The van der Waals surface area contributed by atoms with E-state index in [4.69, 9.17) is 14.9 Å². The van der Waals surface area contributed by atoms with Crippen molar-refractivity contribution in [2.45, 2.75) is 13.3 Å². The van der Waals surface area contributed by atoms with E-state index in [0.29, 0.717) is 53.8 Å². The third-order valence-corrected chi connectivity index (χ3v) is 4.24. The number of pyridine rings is 1. The van der Waals surface area contributed by atoms with Crippen LogP contribution >= 0.6 is 0 Å². The monoisotopic (exact) mass is 413 g/mol. The molecule has 3 rings (SSSR count). The summed E-state index contributed by atoms with van der Waals surface area (Å²) in [6.45, 7) is 3.43. The van der Waals surface area contributed by atoms with Gasteiger partial charge < -0.3 is 30.5 Å². The number of allylic oxidation sites excluding steroid dienone is 1. The van der Waals surface area contributed by atoms with Gasteiger partial charge in [0.1, 0.15) is 24.4 Å². The lowest BCUT2D eigenvalue weighted by Gasteiger charge is -2.09. The Hall–Kier alpha value is -3.53. The Labute approximate surface area is 173 Å². The standard InChI is InChI=1S/C20H24FN7O2/c1-3-23-11-15(9-22)27-16-5-4-13(18(21)28-16)8-14-10-24-19-17(14)20(26-12-25-19)30-7-6-29-2/h4-5,9-12,22-23H,3,6-8H2,1-2H3,(H,27,28)(H,24,25,26)/b15-11+,22-9?. The van der Waals surface area contributed by atoms with Crippen LogP contribution in [0.1, 0.15) is 18.1 Å². The van der Waals surface area contributed by atoms with Gasteiger partial charge in [0, 0.05) is 44.3 Å². The lowest BCUT2D eigenvalue weighted by atomic mass is 10.1. The molecule has 3 heterocycles. The zero-order valence-electron chi connectivity index (χ0n) is 16.8. The lowest BCUT2D eigenvalue weighted by Crippen LogP contribution is -2.11. The van der Waals surface area contributed by atoms with E-state index < -0.39 is 5.95 Å². The molecule has 0 spiro atoms. The first-order valence-corrected chi connectivity index (χ1v) is 9.45. The highest BCUT2D eigenvalue weighted by molar-refractivity contribution is 5.85. The molecule has 158 valence electrons. The Balaban J connectivity index is 1.81. The molecule has 0 amide bonds. The molecule has 9 nitrogen and oxygen atoms in total. The highest BCUT2D eigenvalue weighted by atomic mass is 19.1. The number of rotatable bonds is 11. The second-order valence-electron chi connectivity index (χ2n) is 6.31. The molecule has 0 bridgehead atoms. The summed E-state index contributed by atoms with van der Waals surface area (Å²) in [7, 11) is 1.59. The van der Waals surface area contributed by atoms with Crippen molar-refractivity contribution >= 4 is 23.1 Å². The molecule has 0 aliphatic carbocycles. The van der Waals surface area contributed by atoms with Crippen molar-refractivity contribution in [1.29, 1.82) is 5.41 Å². The summed E-state index contributed by atoms with van der Waals surface area (Å²) in [6, 6.07) is 3.33. The fraction of sp³-hybridized carbons (Fsp3) is 0.300. The number of methoxy groups -OCH3 is 1. The minimum absolute atomic E-state index is 0.289. The number of fused-ring (bicyclic) bond motifs is 1. The minimum Gasteiger partial charge on any atom is -0.475 e. The van der Waals surface area contributed by atoms with Crippen LogP contribution in [-0.4, -0.2) is 53.0 Å². The van der Waals surface area contributed by atoms with Gasteiger partial charge in [0.05, 0.1) is 17.7 Å². The molecule has 4 N–H and O–H groups in total. The van der Waals surface area contributed by atoms with Gasteiger partial charge in [0.2, 0.25) is 11.8 Å². The maximum atomic E-state index is 14.7. The molecular formula is C20H24FN7O2. The van der Waals surface area contributed by atoms with E-state index in [9.17, 15) is 4.39 Å². The summed E-state index contributed by atoms with van der Waals surface area (Å²) in [6.07, 6.45) is 6.23. The number of aromatic nitrogens is 4. The highest BCUT2D eigenvalue weighted by Crippen LogP contribution is 2.27. The summed E-state index contributed by atoms with van der Waals surface area (Å²) in [4.78, 5) is 15.4. The van der Waals surface area contributed by atoms with Gasteiger partial charge in [-0.3, -0.25) is 0 Å². The van der Waals surface area contributed by atoms with Gasteiger partial charge in [-0.2, -0.15) is 4.39 Å². The fourth-order valence-electron chi connectivity index (χ4n) is 2.81. The van der Waals surface area contributed by atoms with E-state index in [1.165, 1.54) is 6.33 Å². The Morgan fingerprint density at radius 2 is 2.13 bits per heavy atom. The number of halogens is 1. The summed E-state index contributed by atoms with van der Waals surface area (Å²) >= 11 is 0. The first-order valence-electron chi connectivity index (χ1n) is 9.45. The number of aromatic amines is 1. The molecular weight excluding hydrogens is 389 g/mol. The van der Waals surface area contributed by atoms with Crippen LogP contribution in [0, 0.1) is 11.4 Å². The van der Waals surface area contributed by atoms with Gasteiger partial charge in [-0.05, 0) is 18.6 Å². The Kier molecular flexibility index (Phi) is 7.28. The molecule has 0 aliphatic rings. The van der Waals surface area contributed by atoms with Gasteiger partial charge in [-0.1, -0.05) is 6.07 Å². The predicted molar refractivity (Wildman–Crippen MR) is 112 cm³/mol. The van der Waals surface area contributed by atoms with E-state index in [0.717, 1.165) is 11.8 Å². The van der Waals surface area contributed by atoms with Crippen molar-refractivity contribution in [1.82, 2.24) is 25.3 Å². The maximum absolute atomic E-state index is 14.7. The molecule has 0 atom stereocenters.